The van der Waals surface area contributed by atoms with Crippen LogP contribution >= 0.6 is 0 Å². The Labute approximate surface area is 167 Å². The van der Waals surface area contributed by atoms with Crippen molar-refractivity contribution in [1.82, 2.24) is 0 Å². The molecule has 0 atom stereocenters. The van der Waals surface area contributed by atoms with E-state index in [1.807, 2.05) is 0 Å². The molecular formula is C24H30O4. The Kier molecular flexibility index (Phi) is 6.18. The minimum absolute atomic E-state index is 0.00269. The Morgan fingerprint density at radius 2 is 1.04 bits per heavy atom. The topological polar surface area (TPSA) is 58.9 Å². The van der Waals surface area contributed by atoms with Crippen molar-refractivity contribution < 1.29 is 19.7 Å². The zero-order chi connectivity index (χ0) is 19.3. The summed E-state index contributed by atoms with van der Waals surface area (Å²) in [6.45, 7) is 0.565. The summed E-state index contributed by atoms with van der Waals surface area (Å²) >= 11 is 0. The molecule has 4 nitrogen and oxygen atoms in total. The average molecular weight is 383 g/mol. The Balaban J connectivity index is 1.93. The Morgan fingerprint density at radius 1 is 0.607 bits per heavy atom. The van der Waals surface area contributed by atoms with Gasteiger partial charge in [0, 0.05) is 11.1 Å². The SMILES string of the molecule is OCCOc1ccc2c(c1-c1c(OCCO)ccc3c1CCCC3)CCCC2. The highest BCUT2D eigenvalue weighted by Crippen LogP contribution is 2.46. The van der Waals surface area contributed by atoms with Crippen molar-refractivity contribution in [2.24, 2.45) is 0 Å². The van der Waals surface area contributed by atoms with Crippen LogP contribution in [0.1, 0.15) is 47.9 Å². The van der Waals surface area contributed by atoms with Gasteiger partial charge in [-0.3, -0.25) is 0 Å². The second-order valence-electron chi connectivity index (χ2n) is 7.71. The normalized spacial score (nSPS) is 15.6. The molecule has 2 aromatic carbocycles. The van der Waals surface area contributed by atoms with Crippen molar-refractivity contribution in [1.29, 1.82) is 0 Å². The molecule has 150 valence electrons. The van der Waals surface area contributed by atoms with Crippen molar-refractivity contribution in [2.45, 2.75) is 51.4 Å². The largest absolute Gasteiger partial charge is 0.491 e. The van der Waals surface area contributed by atoms with E-state index in [2.05, 4.69) is 24.3 Å². The van der Waals surface area contributed by atoms with Gasteiger partial charge in [0.25, 0.3) is 0 Å². The lowest BCUT2D eigenvalue weighted by Gasteiger charge is -2.28. The van der Waals surface area contributed by atoms with Crippen molar-refractivity contribution in [3.8, 4) is 22.6 Å². The minimum atomic E-state index is -0.00269. The number of aryl methyl sites for hydroxylation is 2. The fourth-order valence-corrected chi connectivity index (χ4v) is 4.71. The average Bonchev–Trinajstić information content (AvgIpc) is 2.75. The lowest BCUT2D eigenvalue weighted by molar-refractivity contribution is 0.200. The zero-order valence-corrected chi connectivity index (χ0v) is 16.5. The summed E-state index contributed by atoms with van der Waals surface area (Å²) in [5, 5.41) is 18.6. The summed E-state index contributed by atoms with van der Waals surface area (Å²) in [6, 6.07) is 8.50. The molecule has 0 heterocycles. The molecule has 4 rings (SSSR count). The Bertz CT molecular complexity index is 758. The predicted octanol–water partition coefficient (Wildman–Crippen LogP) is 3.85. The lowest BCUT2D eigenvalue weighted by atomic mass is 9.80. The maximum atomic E-state index is 9.31. The molecule has 0 unspecified atom stereocenters. The Hall–Kier alpha value is -2.04. The van der Waals surface area contributed by atoms with E-state index in [1.54, 1.807) is 0 Å². The first-order valence-electron chi connectivity index (χ1n) is 10.6. The van der Waals surface area contributed by atoms with E-state index in [0.717, 1.165) is 48.3 Å². The summed E-state index contributed by atoms with van der Waals surface area (Å²) in [6.07, 6.45) is 9.12. The third kappa shape index (κ3) is 3.76. The van der Waals surface area contributed by atoms with Crippen LogP contribution in [0.15, 0.2) is 24.3 Å². The minimum Gasteiger partial charge on any atom is -0.491 e. The fraction of sp³-hybridized carbons (Fsp3) is 0.500. The van der Waals surface area contributed by atoms with Crippen LogP contribution in [0, 0.1) is 0 Å². The fourth-order valence-electron chi connectivity index (χ4n) is 4.71. The summed E-state index contributed by atoms with van der Waals surface area (Å²) in [7, 11) is 0. The number of benzene rings is 2. The van der Waals surface area contributed by atoms with Gasteiger partial charge in [0.2, 0.25) is 0 Å². The van der Waals surface area contributed by atoms with Gasteiger partial charge >= 0.3 is 0 Å². The smallest absolute Gasteiger partial charge is 0.127 e. The number of hydrogen-bond donors (Lipinski definition) is 2. The van der Waals surface area contributed by atoms with Gasteiger partial charge in [0.1, 0.15) is 24.7 Å². The molecule has 0 saturated heterocycles. The third-order valence-corrected chi connectivity index (χ3v) is 5.94. The quantitative estimate of drug-likeness (QED) is 0.764. The van der Waals surface area contributed by atoms with E-state index in [0.29, 0.717) is 0 Å². The second-order valence-corrected chi connectivity index (χ2v) is 7.71. The Morgan fingerprint density at radius 3 is 1.46 bits per heavy atom. The molecule has 4 heteroatoms. The first-order chi connectivity index (χ1) is 13.8. The number of fused-ring (bicyclic) bond motifs is 2. The van der Waals surface area contributed by atoms with Crippen LogP contribution in [0.5, 0.6) is 11.5 Å². The van der Waals surface area contributed by atoms with Gasteiger partial charge < -0.3 is 19.7 Å². The molecule has 0 radical (unpaired) electrons. The standard InChI is InChI=1S/C24H30O4/c25-13-15-27-21-11-9-17-5-1-3-7-19(17)23(21)24-20-8-4-2-6-18(20)10-12-22(24)28-16-14-26/h9-12,25-26H,1-8,13-16H2. The van der Waals surface area contributed by atoms with Gasteiger partial charge in [0.15, 0.2) is 0 Å². The maximum absolute atomic E-state index is 9.31. The van der Waals surface area contributed by atoms with Gasteiger partial charge in [-0.15, -0.1) is 0 Å². The summed E-state index contributed by atoms with van der Waals surface area (Å²) < 4.78 is 12.0. The highest BCUT2D eigenvalue weighted by Gasteiger charge is 2.26. The zero-order valence-electron chi connectivity index (χ0n) is 16.5. The van der Waals surface area contributed by atoms with E-state index in [-0.39, 0.29) is 26.4 Å². The molecule has 28 heavy (non-hydrogen) atoms. The van der Waals surface area contributed by atoms with Crippen LogP contribution in [0.4, 0.5) is 0 Å². The van der Waals surface area contributed by atoms with Crippen LogP contribution in [0.3, 0.4) is 0 Å². The molecule has 2 aromatic rings. The van der Waals surface area contributed by atoms with Crippen molar-refractivity contribution >= 4 is 0 Å². The molecule has 2 aliphatic rings. The predicted molar refractivity (Wildman–Crippen MR) is 110 cm³/mol. The van der Waals surface area contributed by atoms with Gasteiger partial charge in [-0.1, -0.05) is 12.1 Å². The van der Waals surface area contributed by atoms with Crippen LogP contribution in [0.2, 0.25) is 0 Å². The molecule has 0 saturated carbocycles. The molecule has 2 aliphatic carbocycles. The molecule has 2 N–H and O–H groups in total. The summed E-state index contributed by atoms with van der Waals surface area (Å²) in [5.41, 5.74) is 7.84. The van der Waals surface area contributed by atoms with Crippen LogP contribution in [-0.2, 0) is 25.7 Å². The van der Waals surface area contributed by atoms with Gasteiger partial charge in [-0.05, 0) is 85.8 Å². The summed E-state index contributed by atoms with van der Waals surface area (Å²) in [4.78, 5) is 0. The van der Waals surface area contributed by atoms with Crippen molar-refractivity contribution in [3.05, 3.63) is 46.5 Å². The molecule has 0 aromatic heterocycles. The van der Waals surface area contributed by atoms with Crippen LogP contribution in [-0.4, -0.2) is 36.6 Å². The first kappa shape index (κ1) is 19.3. The molecular weight excluding hydrogens is 352 g/mol. The number of rotatable bonds is 7. The van der Waals surface area contributed by atoms with Crippen LogP contribution < -0.4 is 9.47 Å². The van der Waals surface area contributed by atoms with Crippen molar-refractivity contribution in [2.75, 3.05) is 26.4 Å². The maximum Gasteiger partial charge on any atom is 0.127 e. The third-order valence-electron chi connectivity index (χ3n) is 5.94. The molecule has 0 aliphatic heterocycles. The number of aliphatic hydroxyl groups is 2. The lowest BCUT2D eigenvalue weighted by Crippen LogP contribution is -2.13. The number of ether oxygens (including phenoxy) is 2. The highest BCUT2D eigenvalue weighted by atomic mass is 16.5. The second kappa shape index (κ2) is 8.97. The molecule has 0 amide bonds. The summed E-state index contributed by atoms with van der Waals surface area (Å²) in [5.74, 6) is 1.67. The first-order valence-corrected chi connectivity index (χ1v) is 10.6. The molecule has 0 spiro atoms. The van der Waals surface area contributed by atoms with Crippen LogP contribution in [0.25, 0.3) is 11.1 Å². The van der Waals surface area contributed by atoms with E-state index in [1.165, 1.54) is 47.9 Å². The molecule has 0 fully saturated rings. The van der Waals surface area contributed by atoms with E-state index >= 15 is 0 Å². The van der Waals surface area contributed by atoms with E-state index < -0.39 is 0 Å². The van der Waals surface area contributed by atoms with Crippen molar-refractivity contribution in [3.63, 3.8) is 0 Å². The number of hydrogen-bond acceptors (Lipinski definition) is 4. The van der Waals surface area contributed by atoms with E-state index in [4.69, 9.17) is 9.47 Å². The monoisotopic (exact) mass is 382 g/mol. The van der Waals surface area contributed by atoms with Gasteiger partial charge in [0.05, 0.1) is 13.2 Å². The number of aliphatic hydroxyl groups excluding tert-OH is 2. The van der Waals surface area contributed by atoms with Gasteiger partial charge in [-0.2, -0.15) is 0 Å². The van der Waals surface area contributed by atoms with E-state index in [9.17, 15) is 10.2 Å². The highest BCUT2D eigenvalue weighted by molar-refractivity contribution is 5.83. The van der Waals surface area contributed by atoms with Gasteiger partial charge in [-0.25, -0.2) is 0 Å². The molecule has 0 bridgehead atoms.